The molecule has 0 aliphatic heterocycles. The van der Waals surface area contributed by atoms with E-state index in [2.05, 4.69) is 14.5 Å². The number of rotatable bonds is 8. The zero-order valence-corrected chi connectivity index (χ0v) is 13.2. The molecule has 16 heteroatoms. The molecule has 29 heavy (non-hydrogen) atoms. The number of halogens is 10. The Labute approximate surface area is 152 Å². The minimum Gasteiger partial charge on any atom is -0.478 e. The smallest absolute Gasteiger partial charge is 0.462 e. The van der Waals surface area contributed by atoms with Crippen molar-refractivity contribution in [3.05, 3.63) is 35.4 Å². The fourth-order valence-electron chi connectivity index (χ4n) is 1.40. The van der Waals surface area contributed by atoms with E-state index in [0.717, 1.165) is 18.2 Å². The summed E-state index contributed by atoms with van der Waals surface area (Å²) < 4.78 is 128. The van der Waals surface area contributed by atoms with Gasteiger partial charge in [-0.25, -0.2) is 14.0 Å². The van der Waals surface area contributed by atoms with Gasteiger partial charge < -0.3 is 5.11 Å². The molecule has 1 aromatic rings. The third kappa shape index (κ3) is 5.47. The van der Waals surface area contributed by atoms with Gasteiger partial charge in [0.25, 0.3) is 6.36 Å². The van der Waals surface area contributed by atoms with Gasteiger partial charge in [-0.15, -0.1) is 4.89 Å². The van der Waals surface area contributed by atoms with E-state index in [1.807, 2.05) is 0 Å². The van der Waals surface area contributed by atoms with Crippen molar-refractivity contribution in [2.45, 2.75) is 30.7 Å². The van der Waals surface area contributed by atoms with Gasteiger partial charge in [0.1, 0.15) is 0 Å². The molecular weight excluding hydrogens is 442 g/mol. The normalized spacial score (nSPS) is 14.4. The van der Waals surface area contributed by atoms with Gasteiger partial charge in [0, 0.05) is 0 Å². The number of alkyl halides is 10. The Bertz CT molecular complexity index is 763. The van der Waals surface area contributed by atoms with Crippen LogP contribution in [0.1, 0.15) is 20.7 Å². The SMILES string of the molecule is O=C(O)c1cccc(C(=O)OOC(F)(F)C(F)OC(F)(F)C(F)(F)C(F)(F)F)c1. The maximum atomic E-state index is 13.2. The quantitative estimate of drug-likeness (QED) is 0.365. The molecule has 0 spiro atoms. The first-order chi connectivity index (χ1) is 12.9. The first-order valence-corrected chi connectivity index (χ1v) is 6.68. The van der Waals surface area contributed by atoms with Crippen LogP contribution in [0.3, 0.4) is 0 Å². The summed E-state index contributed by atoms with van der Waals surface area (Å²) in [5.74, 6) is -10.6. The van der Waals surface area contributed by atoms with Gasteiger partial charge >= 0.3 is 36.3 Å². The first-order valence-electron chi connectivity index (χ1n) is 6.68. The summed E-state index contributed by atoms with van der Waals surface area (Å²) in [6.07, 6.45) is -24.5. The van der Waals surface area contributed by atoms with Gasteiger partial charge in [-0.1, -0.05) is 6.07 Å². The molecule has 0 heterocycles. The molecule has 0 aliphatic carbocycles. The summed E-state index contributed by atoms with van der Waals surface area (Å²) in [7, 11) is 0. The number of hydrogen-bond acceptors (Lipinski definition) is 5. The van der Waals surface area contributed by atoms with Crippen molar-refractivity contribution in [1.29, 1.82) is 0 Å². The molecule has 0 radical (unpaired) electrons. The second kappa shape index (κ2) is 8.02. The second-order valence-electron chi connectivity index (χ2n) is 4.92. The predicted molar refractivity (Wildman–Crippen MR) is 66.8 cm³/mol. The molecule has 0 fully saturated rings. The number of hydrogen-bond donors (Lipinski definition) is 1. The zero-order chi connectivity index (χ0) is 22.8. The molecule has 0 aliphatic rings. The highest BCUT2D eigenvalue weighted by Crippen LogP contribution is 2.48. The fourth-order valence-corrected chi connectivity index (χ4v) is 1.40. The number of carbonyl (C=O) groups excluding carboxylic acids is 1. The minimum atomic E-state index is -7.06. The largest absolute Gasteiger partial charge is 0.478 e. The molecule has 0 aromatic heterocycles. The Morgan fingerprint density at radius 2 is 1.45 bits per heavy atom. The van der Waals surface area contributed by atoms with Crippen molar-refractivity contribution >= 4 is 11.9 Å². The van der Waals surface area contributed by atoms with Gasteiger partial charge in [-0.05, 0) is 18.2 Å². The Morgan fingerprint density at radius 1 is 0.931 bits per heavy atom. The fraction of sp³-hybridized carbons (Fsp3) is 0.385. The van der Waals surface area contributed by atoms with Crippen LogP contribution in [0.15, 0.2) is 24.3 Å². The van der Waals surface area contributed by atoms with Gasteiger partial charge in [-0.2, -0.15) is 39.5 Å². The third-order valence-corrected chi connectivity index (χ3v) is 2.81. The zero-order valence-electron chi connectivity index (χ0n) is 13.2. The number of ether oxygens (including phenoxy) is 1. The highest BCUT2D eigenvalue weighted by atomic mass is 19.4. The Kier molecular flexibility index (Phi) is 6.75. The summed E-state index contributed by atoms with van der Waals surface area (Å²) in [6.45, 7) is 0. The lowest BCUT2D eigenvalue weighted by Gasteiger charge is -2.29. The molecule has 0 saturated carbocycles. The minimum absolute atomic E-state index is 0.549. The molecule has 1 N–H and O–H groups in total. The van der Waals surface area contributed by atoms with Crippen molar-refractivity contribution in [2.75, 3.05) is 0 Å². The Morgan fingerprint density at radius 3 is 1.93 bits per heavy atom. The van der Waals surface area contributed by atoms with Crippen LogP contribution in [0, 0.1) is 0 Å². The van der Waals surface area contributed by atoms with Gasteiger partial charge in [-0.3, -0.25) is 9.62 Å². The lowest BCUT2D eigenvalue weighted by atomic mass is 10.1. The molecule has 1 atom stereocenters. The van der Waals surface area contributed by atoms with Gasteiger partial charge in [0.2, 0.25) is 0 Å². The highest BCUT2D eigenvalue weighted by Gasteiger charge is 2.76. The average molecular weight is 448 g/mol. The predicted octanol–water partition coefficient (Wildman–Crippen LogP) is 4.17. The number of carboxylic acid groups (broad SMARTS) is 1. The summed E-state index contributed by atoms with van der Waals surface area (Å²) in [6, 6.07) is 3.23. The monoisotopic (exact) mass is 448 g/mol. The van der Waals surface area contributed by atoms with Crippen molar-refractivity contribution < 1.29 is 73.1 Å². The van der Waals surface area contributed by atoms with Crippen LogP contribution in [-0.2, 0) is 14.5 Å². The molecule has 1 aromatic carbocycles. The van der Waals surface area contributed by atoms with Gasteiger partial charge in [0.05, 0.1) is 11.1 Å². The molecule has 1 unspecified atom stereocenters. The topological polar surface area (TPSA) is 82.1 Å². The van der Waals surface area contributed by atoms with Crippen LogP contribution in [0.2, 0.25) is 0 Å². The second-order valence-corrected chi connectivity index (χ2v) is 4.92. The maximum absolute atomic E-state index is 13.2. The first kappa shape index (κ1) is 24.4. The van der Waals surface area contributed by atoms with Crippen LogP contribution in [0.5, 0.6) is 0 Å². The summed E-state index contributed by atoms with van der Waals surface area (Å²) >= 11 is 0. The van der Waals surface area contributed by atoms with Gasteiger partial charge in [0.15, 0.2) is 0 Å². The summed E-state index contributed by atoms with van der Waals surface area (Å²) in [5, 5.41) is 8.67. The van der Waals surface area contributed by atoms with E-state index in [-0.39, 0.29) is 0 Å². The van der Waals surface area contributed by atoms with E-state index in [0.29, 0.717) is 6.07 Å². The third-order valence-electron chi connectivity index (χ3n) is 2.81. The van der Waals surface area contributed by atoms with E-state index in [1.165, 1.54) is 0 Å². The molecule has 6 nitrogen and oxygen atoms in total. The molecule has 164 valence electrons. The van der Waals surface area contributed by atoms with Crippen molar-refractivity contribution in [3.63, 3.8) is 0 Å². The molecular formula is C13H6F10O6. The number of benzene rings is 1. The summed E-state index contributed by atoms with van der Waals surface area (Å²) in [4.78, 5) is 28.3. The maximum Gasteiger partial charge on any atom is 0.462 e. The lowest BCUT2D eigenvalue weighted by molar-refractivity contribution is -0.496. The Balaban J connectivity index is 2.85. The highest BCUT2D eigenvalue weighted by molar-refractivity contribution is 5.94. The van der Waals surface area contributed by atoms with E-state index >= 15 is 0 Å². The average Bonchev–Trinajstić information content (AvgIpc) is 2.58. The van der Waals surface area contributed by atoms with Crippen LogP contribution in [0.4, 0.5) is 43.9 Å². The van der Waals surface area contributed by atoms with Crippen LogP contribution < -0.4 is 0 Å². The lowest BCUT2D eigenvalue weighted by Crippen LogP contribution is -2.56. The van der Waals surface area contributed by atoms with Crippen LogP contribution in [-0.4, -0.2) is 47.7 Å². The molecule has 0 bridgehead atoms. The standard InChI is InChI=1S/C13H6F10O6/c14-9(27-13(22,23)11(17,18)12(19,20)21)10(15,16)29-28-8(26)6-3-1-2-5(4-6)7(24)25/h1-4,9H,(H,24,25). The number of carboxylic acids is 1. The van der Waals surface area contributed by atoms with Crippen LogP contribution in [0.25, 0.3) is 0 Å². The molecule has 0 saturated heterocycles. The summed E-state index contributed by atoms with van der Waals surface area (Å²) in [5.41, 5.74) is -1.32. The van der Waals surface area contributed by atoms with E-state index in [9.17, 15) is 53.5 Å². The van der Waals surface area contributed by atoms with Crippen molar-refractivity contribution in [2.24, 2.45) is 0 Å². The molecule has 0 amide bonds. The van der Waals surface area contributed by atoms with E-state index < -0.39 is 53.7 Å². The van der Waals surface area contributed by atoms with Crippen molar-refractivity contribution in [1.82, 2.24) is 0 Å². The number of aromatic carboxylic acids is 1. The van der Waals surface area contributed by atoms with Crippen LogP contribution >= 0.6 is 0 Å². The van der Waals surface area contributed by atoms with E-state index in [1.54, 1.807) is 0 Å². The van der Waals surface area contributed by atoms with E-state index in [4.69, 9.17) is 5.11 Å². The number of carbonyl (C=O) groups is 2. The molecule has 1 rings (SSSR count). The Hall–Kier alpha value is -2.62. The van der Waals surface area contributed by atoms with Crippen molar-refractivity contribution in [3.8, 4) is 0 Å².